The molecule has 0 spiro atoms. The molecule has 180 valence electrons. The molecule has 9 heteroatoms. The van der Waals surface area contributed by atoms with Crippen molar-refractivity contribution in [1.29, 1.82) is 0 Å². The fourth-order valence-electron chi connectivity index (χ4n) is 4.89. The molecule has 0 saturated carbocycles. The first kappa shape index (κ1) is 23.0. The summed E-state index contributed by atoms with van der Waals surface area (Å²) >= 11 is 0. The highest BCUT2D eigenvalue weighted by Crippen LogP contribution is 2.30. The molecule has 0 N–H and O–H groups in total. The van der Waals surface area contributed by atoms with Crippen molar-refractivity contribution in [2.45, 2.75) is 56.1 Å². The number of hydrogen-bond acceptors (Lipinski definition) is 6. The van der Waals surface area contributed by atoms with Gasteiger partial charge in [0.2, 0.25) is 15.9 Å². The van der Waals surface area contributed by atoms with Crippen LogP contribution in [0, 0.1) is 6.92 Å². The summed E-state index contributed by atoms with van der Waals surface area (Å²) in [6, 6.07) is 11.8. The topological polar surface area (TPSA) is 93.0 Å². The van der Waals surface area contributed by atoms with Crippen LogP contribution in [0.5, 0.6) is 0 Å². The molecule has 8 nitrogen and oxygen atoms in total. The van der Waals surface area contributed by atoms with Crippen LogP contribution in [0.25, 0.3) is 11.1 Å². The van der Waals surface area contributed by atoms with Gasteiger partial charge in [-0.15, -0.1) is 0 Å². The number of aryl methyl sites for hydroxylation is 1. The monoisotopic (exact) mass is 483 g/mol. The van der Waals surface area contributed by atoms with E-state index in [-0.39, 0.29) is 16.8 Å². The summed E-state index contributed by atoms with van der Waals surface area (Å²) in [5, 5.41) is 0. The largest absolute Gasteiger partial charge is 0.443 e. The Morgan fingerprint density at radius 3 is 2.65 bits per heavy atom. The Morgan fingerprint density at radius 2 is 1.88 bits per heavy atom. The van der Waals surface area contributed by atoms with E-state index in [1.807, 2.05) is 30.0 Å². The maximum Gasteiger partial charge on any atom is 0.243 e. The van der Waals surface area contributed by atoms with E-state index in [0.29, 0.717) is 44.7 Å². The molecule has 2 fully saturated rings. The molecule has 0 unspecified atom stereocenters. The van der Waals surface area contributed by atoms with Crippen LogP contribution < -0.4 is 0 Å². The van der Waals surface area contributed by atoms with Crippen LogP contribution in [0.2, 0.25) is 0 Å². The lowest BCUT2D eigenvalue weighted by atomic mass is 10.0. The van der Waals surface area contributed by atoms with Crippen LogP contribution in [-0.4, -0.2) is 60.4 Å². The van der Waals surface area contributed by atoms with Crippen molar-refractivity contribution in [3.05, 3.63) is 60.0 Å². The molecule has 1 atom stereocenters. The molecule has 2 aliphatic rings. The maximum absolute atomic E-state index is 13.9. The molecule has 2 aromatic carbocycles. The summed E-state index contributed by atoms with van der Waals surface area (Å²) in [5.41, 5.74) is 3.35. The van der Waals surface area contributed by atoms with Crippen molar-refractivity contribution < 1.29 is 22.4 Å². The van der Waals surface area contributed by atoms with Gasteiger partial charge in [0.1, 0.15) is 11.6 Å². The van der Waals surface area contributed by atoms with Crippen LogP contribution in [0.4, 0.5) is 0 Å². The average molecular weight is 484 g/mol. The van der Waals surface area contributed by atoms with Gasteiger partial charge in [-0.3, -0.25) is 4.79 Å². The second-order valence-electron chi connectivity index (χ2n) is 9.05. The van der Waals surface area contributed by atoms with Gasteiger partial charge in [-0.2, -0.15) is 4.31 Å². The number of fused-ring (bicyclic) bond motifs is 1. The van der Waals surface area contributed by atoms with Gasteiger partial charge in [-0.1, -0.05) is 23.8 Å². The highest BCUT2D eigenvalue weighted by atomic mass is 32.2. The Kier molecular flexibility index (Phi) is 6.42. The molecular weight excluding hydrogens is 454 g/mol. The zero-order valence-corrected chi connectivity index (χ0v) is 20.0. The molecule has 1 amide bonds. The number of carbonyl (C=O) groups excluding carboxylic acids is 1. The van der Waals surface area contributed by atoms with Crippen LogP contribution in [0.15, 0.2) is 58.2 Å². The summed E-state index contributed by atoms with van der Waals surface area (Å²) in [5.74, 6) is -0.141. The quantitative estimate of drug-likeness (QED) is 0.533. The SMILES string of the molecule is Cc1ccc(S(=O)(=O)N2CCC[C@H]2C(=O)N(Cc2ccc3ncoc3c2)C2CCOCC2)cc1. The number of rotatable bonds is 6. The number of oxazole rings is 1. The van der Waals surface area contributed by atoms with Crippen LogP contribution in [-0.2, 0) is 26.1 Å². The van der Waals surface area contributed by atoms with Gasteiger partial charge < -0.3 is 14.1 Å². The predicted molar refractivity (Wildman–Crippen MR) is 126 cm³/mol. The van der Waals surface area contributed by atoms with Crippen LogP contribution in [0.3, 0.4) is 0 Å². The number of benzene rings is 2. The minimum atomic E-state index is -3.77. The molecule has 0 radical (unpaired) electrons. The van der Waals surface area contributed by atoms with Gasteiger partial charge in [0.05, 0.1) is 4.90 Å². The average Bonchev–Trinajstić information content (AvgIpc) is 3.53. The summed E-state index contributed by atoms with van der Waals surface area (Å²) in [4.78, 5) is 20.2. The molecule has 0 bridgehead atoms. The van der Waals surface area contributed by atoms with Crippen molar-refractivity contribution in [2.24, 2.45) is 0 Å². The van der Waals surface area contributed by atoms with E-state index in [0.717, 1.165) is 29.5 Å². The highest BCUT2D eigenvalue weighted by Gasteiger charge is 2.42. The highest BCUT2D eigenvalue weighted by molar-refractivity contribution is 7.89. The lowest BCUT2D eigenvalue weighted by Crippen LogP contribution is -2.51. The normalized spacial score (nSPS) is 20.1. The van der Waals surface area contributed by atoms with E-state index < -0.39 is 16.1 Å². The molecule has 3 aromatic rings. The number of amides is 1. The maximum atomic E-state index is 13.9. The van der Waals surface area contributed by atoms with E-state index in [1.165, 1.54) is 10.7 Å². The lowest BCUT2D eigenvalue weighted by Gasteiger charge is -2.37. The van der Waals surface area contributed by atoms with Gasteiger partial charge in [-0.25, -0.2) is 13.4 Å². The number of hydrogen-bond donors (Lipinski definition) is 0. The third kappa shape index (κ3) is 4.47. The zero-order chi connectivity index (χ0) is 23.7. The Balaban J connectivity index is 1.44. The molecule has 5 rings (SSSR count). The Labute approximate surface area is 199 Å². The van der Waals surface area contributed by atoms with Gasteiger partial charge in [0.15, 0.2) is 12.0 Å². The van der Waals surface area contributed by atoms with Gasteiger partial charge in [-0.05, 0) is 62.4 Å². The van der Waals surface area contributed by atoms with Crippen LogP contribution >= 0.6 is 0 Å². The van der Waals surface area contributed by atoms with E-state index in [9.17, 15) is 13.2 Å². The summed E-state index contributed by atoms with van der Waals surface area (Å²) in [6.45, 7) is 3.82. The van der Waals surface area contributed by atoms with Gasteiger partial charge >= 0.3 is 0 Å². The smallest absolute Gasteiger partial charge is 0.243 e. The molecular formula is C25H29N3O5S. The first-order valence-corrected chi connectivity index (χ1v) is 13.2. The molecule has 34 heavy (non-hydrogen) atoms. The Morgan fingerprint density at radius 1 is 1.12 bits per heavy atom. The van der Waals surface area contributed by atoms with Crippen molar-refractivity contribution in [2.75, 3.05) is 19.8 Å². The van der Waals surface area contributed by atoms with Crippen molar-refractivity contribution in [3.63, 3.8) is 0 Å². The third-order valence-corrected chi connectivity index (χ3v) is 8.70. The van der Waals surface area contributed by atoms with Gasteiger partial charge in [0, 0.05) is 32.3 Å². The van der Waals surface area contributed by atoms with Crippen LogP contribution in [0.1, 0.15) is 36.8 Å². The number of ether oxygens (including phenoxy) is 1. The summed E-state index contributed by atoms with van der Waals surface area (Å²) in [7, 11) is -3.77. The van der Waals surface area contributed by atoms with Crippen molar-refractivity contribution in [3.8, 4) is 0 Å². The number of nitrogens with zero attached hydrogens (tertiary/aromatic N) is 3. The third-order valence-electron chi connectivity index (χ3n) is 6.78. The molecule has 0 aliphatic carbocycles. The number of sulfonamides is 1. The summed E-state index contributed by atoms with van der Waals surface area (Å²) in [6.07, 6.45) is 4.04. The first-order valence-electron chi connectivity index (χ1n) is 11.7. The van der Waals surface area contributed by atoms with Crippen molar-refractivity contribution >= 4 is 27.0 Å². The Bertz CT molecular complexity index is 1270. The number of aromatic nitrogens is 1. The van der Waals surface area contributed by atoms with E-state index in [4.69, 9.17) is 9.15 Å². The fraction of sp³-hybridized carbons (Fsp3) is 0.440. The second kappa shape index (κ2) is 9.48. The standard InChI is InChI=1S/C25H29N3O5S/c1-18-4-7-21(8-5-18)34(30,31)28-12-2-3-23(28)25(29)27(20-10-13-32-14-11-20)16-19-6-9-22-24(15-19)33-17-26-22/h4-9,15,17,20,23H,2-3,10-14,16H2,1H3/t23-/m0/s1. The number of carbonyl (C=O) groups is 1. The molecule has 1 aromatic heterocycles. The minimum absolute atomic E-state index is 0.00352. The minimum Gasteiger partial charge on any atom is -0.443 e. The Hall–Kier alpha value is -2.75. The predicted octanol–water partition coefficient (Wildman–Crippen LogP) is 3.50. The van der Waals surface area contributed by atoms with Gasteiger partial charge in [0.25, 0.3) is 0 Å². The lowest BCUT2D eigenvalue weighted by molar-refractivity contribution is -0.139. The summed E-state index contributed by atoms with van der Waals surface area (Å²) < 4.78 is 39.3. The van der Waals surface area contributed by atoms with E-state index >= 15 is 0 Å². The van der Waals surface area contributed by atoms with Crippen molar-refractivity contribution in [1.82, 2.24) is 14.2 Å². The van der Waals surface area contributed by atoms with E-state index in [2.05, 4.69) is 4.98 Å². The van der Waals surface area contributed by atoms with E-state index in [1.54, 1.807) is 24.3 Å². The molecule has 2 aliphatic heterocycles. The molecule has 2 saturated heterocycles. The zero-order valence-electron chi connectivity index (χ0n) is 19.2. The first-order chi connectivity index (χ1) is 16.4. The fourth-order valence-corrected chi connectivity index (χ4v) is 6.54. The second-order valence-corrected chi connectivity index (χ2v) is 10.9. The molecule has 3 heterocycles.